The van der Waals surface area contributed by atoms with Crippen molar-refractivity contribution in [3.63, 3.8) is 0 Å². The van der Waals surface area contributed by atoms with Crippen molar-refractivity contribution in [1.29, 1.82) is 0 Å². The molecule has 2 aromatic heterocycles. The summed E-state index contributed by atoms with van der Waals surface area (Å²) in [4.78, 5) is 28.5. The number of piperidine rings is 1. The lowest BCUT2D eigenvalue weighted by atomic mass is 9.91. The largest absolute Gasteiger partial charge is 0.342 e. The van der Waals surface area contributed by atoms with Gasteiger partial charge in [0.25, 0.3) is 0 Å². The monoisotopic (exact) mass is 433 g/mol. The van der Waals surface area contributed by atoms with Gasteiger partial charge in [0.15, 0.2) is 0 Å². The van der Waals surface area contributed by atoms with Gasteiger partial charge in [-0.15, -0.1) is 0 Å². The molecule has 1 fully saturated rings. The average Bonchev–Trinajstić information content (AvgIpc) is 2.78. The van der Waals surface area contributed by atoms with Gasteiger partial charge in [-0.3, -0.25) is 9.78 Å². The Morgan fingerprint density at radius 3 is 2.62 bits per heavy atom. The molecular weight excluding hydrogens is 405 g/mol. The fourth-order valence-corrected chi connectivity index (χ4v) is 3.94. The molecule has 7 heteroatoms. The van der Waals surface area contributed by atoms with Crippen molar-refractivity contribution in [1.82, 2.24) is 19.9 Å². The fourth-order valence-electron chi connectivity index (χ4n) is 3.94. The number of halogens is 1. The fraction of sp³-hybridized carbons (Fsp3) is 0.360. The smallest absolute Gasteiger partial charge is 0.227 e. The van der Waals surface area contributed by atoms with Gasteiger partial charge in [-0.2, -0.15) is 0 Å². The lowest BCUT2D eigenvalue weighted by Crippen LogP contribution is -2.44. The zero-order chi connectivity index (χ0) is 22.7. The van der Waals surface area contributed by atoms with Crippen LogP contribution in [0.5, 0.6) is 0 Å². The van der Waals surface area contributed by atoms with Crippen LogP contribution in [0.1, 0.15) is 45.4 Å². The second kappa shape index (κ2) is 9.02. The SMILES string of the molecule is CC(C)(C)C(=O)N1CCC[C@H](c2nc(Nc3cccc(F)c3)cc(-c3ccncc3)n2)C1. The first-order chi connectivity index (χ1) is 15.3. The number of likely N-dealkylation sites (tertiary alicyclic amines) is 1. The molecule has 1 aromatic carbocycles. The summed E-state index contributed by atoms with van der Waals surface area (Å²) in [5.74, 6) is 1.13. The second-order valence-electron chi connectivity index (χ2n) is 9.21. The van der Waals surface area contributed by atoms with Crippen LogP contribution in [0.15, 0.2) is 54.9 Å². The molecule has 1 amide bonds. The summed E-state index contributed by atoms with van der Waals surface area (Å²) < 4.78 is 13.7. The van der Waals surface area contributed by atoms with Crippen molar-refractivity contribution in [2.75, 3.05) is 18.4 Å². The number of rotatable bonds is 4. The van der Waals surface area contributed by atoms with Crippen LogP contribution < -0.4 is 5.32 Å². The van der Waals surface area contributed by atoms with Gasteiger partial charge in [-0.1, -0.05) is 26.8 Å². The molecule has 0 aliphatic carbocycles. The second-order valence-corrected chi connectivity index (χ2v) is 9.21. The highest BCUT2D eigenvalue weighted by Crippen LogP contribution is 2.31. The number of hydrogen-bond acceptors (Lipinski definition) is 5. The Morgan fingerprint density at radius 1 is 1.12 bits per heavy atom. The molecule has 32 heavy (non-hydrogen) atoms. The lowest BCUT2D eigenvalue weighted by Gasteiger charge is -2.36. The van der Waals surface area contributed by atoms with Crippen LogP contribution >= 0.6 is 0 Å². The van der Waals surface area contributed by atoms with Crippen LogP contribution in [0, 0.1) is 11.2 Å². The maximum absolute atomic E-state index is 13.7. The third-order valence-electron chi connectivity index (χ3n) is 5.53. The number of carbonyl (C=O) groups excluding carboxylic acids is 1. The highest BCUT2D eigenvalue weighted by atomic mass is 19.1. The van der Waals surface area contributed by atoms with Crippen molar-refractivity contribution in [3.05, 3.63) is 66.5 Å². The number of anilines is 2. The maximum atomic E-state index is 13.7. The molecule has 1 N–H and O–H groups in total. The van der Waals surface area contributed by atoms with Crippen molar-refractivity contribution in [3.8, 4) is 11.3 Å². The first-order valence-electron chi connectivity index (χ1n) is 10.9. The Balaban J connectivity index is 1.68. The standard InChI is InChI=1S/C25H28FN5O/c1-25(2,3)24(32)31-13-5-6-18(16-31)23-29-21(17-9-11-27-12-10-17)15-22(30-23)28-20-8-4-7-19(26)14-20/h4,7-12,14-15,18H,5-6,13,16H2,1-3H3,(H,28,29,30)/t18-/m0/s1. The van der Waals surface area contributed by atoms with Crippen LogP contribution in [0.3, 0.4) is 0 Å². The van der Waals surface area contributed by atoms with Gasteiger partial charge in [-0.05, 0) is 43.2 Å². The number of nitrogens with zero attached hydrogens (tertiary/aromatic N) is 4. The molecule has 166 valence electrons. The van der Waals surface area contributed by atoms with Gasteiger partial charge < -0.3 is 10.2 Å². The Hall–Kier alpha value is -3.35. The quantitative estimate of drug-likeness (QED) is 0.614. The lowest BCUT2D eigenvalue weighted by molar-refractivity contribution is -0.140. The number of carbonyl (C=O) groups is 1. The minimum atomic E-state index is -0.425. The van der Waals surface area contributed by atoms with Gasteiger partial charge in [0, 0.05) is 54.1 Å². The zero-order valence-corrected chi connectivity index (χ0v) is 18.7. The van der Waals surface area contributed by atoms with Gasteiger partial charge in [0.1, 0.15) is 17.5 Å². The van der Waals surface area contributed by atoms with E-state index in [9.17, 15) is 9.18 Å². The molecule has 0 spiro atoms. The van der Waals surface area contributed by atoms with E-state index in [0.717, 1.165) is 30.6 Å². The topological polar surface area (TPSA) is 71.0 Å². The predicted octanol–water partition coefficient (Wildman–Crippen LogP) is 5.17. The minimum absolute atomic E-state index is 0.0323. The Morgan fingerprint density at radius 2 is 1.91 bits per heavy atom. The van der Waals surface area contributed by atoms with Crippen molar-refractivity contribution < 1.29 is 9.18 Å². The van der Waals surface area contributed by atoms with Crippen LogP contribution in [0.25, 0.3) is 11.3 Å². The van der Waals surface area contributed by atoms with E-state index >= 15 is 0 Å². The number of nitrogens with one attached hydrogen (secondary N) is 1. The summed E-state index contributed by atoms with van der Waals surface area (Å²) in [6.07, 6.45) is 5.26. The first kappa shape index (κ1) is 21.9. The number of pyridine rings is 1. The molecule has 1 saturated heterocycles. The highest BCUT2D eigenvalue weighted by Gasteiger charge is 2.32. The van der Waals surface area contributed by atoms with Crippen LogP contribution in [-0.2, 0) is 4.79 Å². The van der Waals surface area contributed by atoms with E-state index in [0.29, 0.717) is 23.9 Å². The maximum Gasteiger partial charge on any atom is 0.227 e. The van der Waals surface area contributed by atoms with Gasteiger partial charge >= 0.3 is 0 Å². The molecule has 3 heterocycles. The molecular formula is C25H28FN5O. The number of benzene rings is 1. The summed E-state index contributed by atoms with van der Waals surface area (Å²) in [5.41, 5.74) is 1.87. The van der Waals surface area contributed by atoms with E-state index in [4.69, 9.17) is 9.97 Å². The third kappa shape index (κ3) is 5.10. The van der Waals surface area contributed by atoms with Crippen LogP contribution in [-0.4, -0.2) is 38.8 Å². The summed E-state index contributed by atoms with van der Waals surface area (Å²) in [6.45, 7) is 7.18. The van der Waals surface area contributed by atoms with Crippen LogP contribution in [0.4, 0.5) is 15.9 Å². The van der Waals surface area contributed by atoms with E-state index in [2.05, 4.69) is 10.3 Å². The molecule has 6 nitrogen and oxygen atoms in total. The molecule has 1 aliphatic rings. The molecule has 1 atom stereocenters. The van der Waals surface area contributed by atoms with Crippen molar-refractivity contribution in [2.45, 2.75) is 39.5 Å². The van der Waals surface area contributed by atoms with E-state index in [-0.39, 0.29) is 17.6 Å². The van der Waals surface area contributed by atoms with Crippen molar-refractivity contribution >= 4 is 17.4 Å². The average molecular weight is 434 g/mol. The Kier molecular flexibility index (Phi) is 6.17. The van der Waals surface area contributed by atoms with E-state index in [1.807, 2.05) is 43.9 Å². The Labute approximate surface area is 187 Å². The molecule has 1 aliphatic heterocycles. The molecule has 4 rings (SSSR count). The van der Waals surface area contributed by atoms with Gasteiger partial charge in [0.2, 0.25) is 5.91 Å². The summed E-state index contributed by atoms with van der Waals surface area (Å²) in [6, 6.07) is 11.9. The van der Waals surface area contributed by atoms with E-state index < -0.39 is 5.41 Å². The molecule has 0 bridgehead atoms. The first-order valence-corrected chi connectivity index (χ1v) is 10.9. The number of hydrogen-bond donors (Lipinski definition) is 1. The van der Waals surface area contributed by atoms with Crippen molar-refractivity contribution in [2.24, 2.45) is 5.41 Å². The normalized spacial score (nSPS) is 16.6. The zero-order valence-electron chi connectivity index (χ0n) is 18.7. The highest BCUT2D eigenvalue weighted by molar-refractivity contribution is 5.81. The predicted molar refractivity (Wildman–Crippen MR) is 123 cm³/mol. The van der Waals surface area contributed by atoms with Gasteiger partial charge in [0.05, 0.1) is 5.69 Å². The van der Waals surface area contributed by atoms with E-state index in [1.54, 1.807) is 24.5 Å². The molecule has 3 aromatic rings. The molecule has 0 radical (unpaired) electrons. The van der Waals surface area contributed by atoms with E-state index in [1.165, 1.54) is 12.1 Å². The summed E-state index contributed by atoms with van der Waals surface area (Å²) >= 11 is 0. The molecule has 0 saturated carbocycles. The number of aromatic nitrogens is 3. The minimum Gasteiger partial charge on any atom is -0.342 e. The molecule has 0 unspecified atom stereocenters. The van der Waals surface area contributed by atoms with Gasteiger partial charge in [-0.25, -0.2) is 14.4 Å². The van der Waals surface area contributed by atoms with Crippen LogP contribution in [0.2, 0.25) is 0 Å². The Bertz CT molecular complexity index is 1100. The third-order valence-corrected chi connectivity index (χ3v) is 5.53. The summed E-state index contributed by atoms with van der Waals surface area (Å²) in [5, 5.41) is 3.21. The number of amides is 1. The summed E-state index contributed by atoms with van der Waals surface area (Å²) in [7, 11) is 0.